The van der Waals surface area contributed by atoms with Crippen LogP contribution in [0.2, 0.25) is 5.02 Å². The maximum absolute atomic E-state index is 11.9. The maximum Gasteiger partial charge on any atom is 0.145 e. The minimum atomic E-state index is -0.835. The number of imidazole rings is 1. The van der Waals surface area contributed by atoms with Crippen LogP contribution in [-0.4, -0.2) is 15.8 Å². The fraction of sp³-hybridized carbons (Fsp3) is 0.250. The second-order valence-corrected chi connectivity index (χ2v) is 9.58. The van der Waals surface area contributed by atoms with Gasteiger partial charge in [-0.05, 0) is 66.1 Å². The molecule has 0 aliphatic heterocycles. The average molecular weight is 490 g/mol. The van der Waals surface area contributed by atoms with E-state index in [2.05, 4.69) is 64.5 Å². The first-order chi connectivity index (χ1) is 16.5. The number of thioether (sulfide) groups is 1. The molecule has 4 rings (SSSR count). The van der Waals surface area contributed by atoms with Crippen LogP contribution < -0.4 is 0 Å². The van der Waals surface area contributed by atoms with Gasteiger partial charge in [-0.2, -0.15) is 0 Å². The quantitative estimate of drug-likeness (QED) is 0.175. The zero-order valence-corrected chi connectivity index (χ0v) is 21.2. The molecule has 34 heavy (non-hydrogen) atoms. The summed E-state index contributed by atoms with van der Waals surface area (Å²) in [5.74, 6) is 0.829. The Balaban J connectivity index is 1.77. The van der Waals surface area contributed by atoms with Crippen molar-refractivity contribution in [2.45, 2.75) is 43.5 Å². The molecule has 0 fully saturated rings. The van der Waals surface area contributed by atoms with Gasteiger partial charge in [-0.3, -0.25) is 0 Å². The van der Waals surface area contributed by atoms with Crippen molar-refractivity contribution in [2.75, 3.05) is 6.26 Å². The average Bonchev–Trinajstić information content (AvgIpc) is 3.31. The van der Waals surface area contributed by atoms with Gasteiger partial charge in [0.2, 0.25) is 0 Å². The predicted octanol–water partition coefficient (Wildman–Crippen LogP) is 8.29. The van der Waals surface area contributed by atoms with Crippen molar-refractivity contribution in [1.29, 1.82) is 0 Å². The van der Waals surface area contributed by atoms with Crippen LogP contribution in [0.1, 0.15) is 43.8 Å². The number of nitrogens with zero attached hydrogens (tertiary/aromatic N) is 3. The molecule has 0 saturated heterocycles. The summed E-state index contributed by atoms with van der Waals surface area (Å²) in [6.07, 6.45) is 5.80. The first-order valence-electron chi connectivity index (χ1n) is 11.4. The molecule has 0 bridgehead atoms. The predicted molar refractivity (Wildman–Crippen MR) is 143 cm³/mol. The number of nitroso groups, excluding NO2 is 1. The summed E-state index contributed by atoms with van der Waals surface area (Å²) in [5.41, 5.74) is 4.18. The van der Waals surface area contributed by atoms with Crippen molar-refractivity contribution < 1.29 is 0 Å². The highest BCUT2D eigenvalue weighted by Gasteiger charge is 2.33. The molecule has 0 spiro atoms. The number of benzene rings is 3. The van der Waals surface area contributed by atoms with E-state index in [0.29, 0.717) is 30.0 Å². The van der Waals surface area contributed by atoms with Crippen LogP contribution in [-0.2, 0) is 12.0 Å². The van der Waals surface area contributed by atoms with E-state index >= 15 is 0 Å². The molecule has 1 heterocycles. The first kappa shape index (κ1) is 24.2. The molecule has 0 N–H and O–H groups in total. The van der Waals surface area contributed by atoms with E-state index in [0.717, 1.165) is 22.6 Å². The van der Waals surface area contributed by atoms with Gasteiger partial charge in [0.05, 0.1) is 5.69 Å². The van der Waals surface area contributed by atoms with E-state index in [1.54, 1.807) is 11.8 Å². The molecule has 6 heteroatoms. The molecule has 4 aromatic rings. The SMILES string of the molecule is CCC(CC)(N=O)c1cn(-c2ccc(-c3cccc(SC)c3)cc2)c(Cc2ccccc2Cl)n1. The summed E-state index contributed by atoms with van der Waals surface area (Å²) in [6.45, 7) is 3.96. The van der Waals surface area contributed by atoms with Crippen LogP contribution in [0, 0.1) is 4.91 Å². The van der Waals surface area contributed by atoms with Crippen molar-refractivity contribution in [3.05, 3.63) is 106 Å². The minimum absolute atomic E-state index is 0.555. The van der Waals surface area contributed by atoms with Gasteiger partial charge >= 0.3 is 0 Å². The summed E-state index contributed by atoms with van der Waals surface area (Å²) >= 11 is 8.19. The van der Waals surface area contributed by atoms with E-state index in [1.165, 1.54) is 10.5 Å². The standard InChI is InChI=1S/C28H28ClN3OS/c1-4-28(5-2,31-33)26-19-32(27(30-26)18-22-9-6-7-12-25(22)29)23-15-13-20(14-16-23)21-10-8-11-24(17-21)34-3/h6-17,19H,4-5,18H2,1-3H3. The lowest BCUT2D eigenvalue weighted by molar-refractivity contribution is 0.401. The Morgan fingerprint density at radius 1 is 0.971 bits per heavy atom. The van der Waals surface area contributed by atoms with Crippen LogP contribution in [0.5, 0.6) is 0 Å². The third kappa shape index (κ3) is 4.82. The molecule has 0 saturated carbocycles. The third-order valence-electron chi connectivity index (χ3n) is 6.46. The van der Waals surface area contributed by atoms with Crippen molar-refractivity contribution in [2.24, 2.45) is 5.18 Å². The van der Waals surface area contributed by atoms with Crippen molar-refractivity contribution in [3.63, 3.8) is 0 Å². The zero-order chi connectivity index (χ0) is 24.1. The Morgan fingerprint density at radius 3 is 2.35 bits per heavy atom. The van der Waals surface area contributed by atoms with Gasteiger partial charge < -0.3 is 4.57 Å². The van der Waals surface area contributed by atoms with E-state index in [9.17, 15) is 4.91 Å². The highest BCUT2D eigenvalue weighted by atomic mass is 35.5. The van der Waals surface area contributed by atoms with Gasteiger partial charge in [0.25, 0.3) is 0 Å². The topological polar surface area (TPSA) is 47.2 Å². The molecule has 3 aromatic carbocycles. The lowest BCUT2D eigenvalue weighted by Crippen LogP contribution is -2.21. The minimum Gasteiger partial charge on any atom is -0.303 e. The van der Waals surface area contributed by atoms with Crippen molar-refractivity contribution in [3.8, 4) is 16.8 Å². The monoisotopic (exact) mass is 489 g/mol. The van der Waals surface area contributed by atoms with Crippen molar-refractivity contribution >= 4 is 23.4 Å². The van der Waals surface area contributed by atoms with Crippen LogP contribution in [0.15, 0.2) is 89.1 Å². The molecule has 1 aromatic heterocycles. The van der Waals surface area contributed by atoms with Gasteiger partial charge in [0.1, 0.15) is 11.4 Å². The van der Waals surface area contributed by atoms with Crippen LogP contribution in [0.25, 0.3) is 16.8 Å². The van der Waals surface area contributed by atoms with E-state index in [-0.39, 0.29) is 0 Å². The highest BCUT2D eigenvalue weighted by molar-refractivity contribution is 7.98. The number of rotatable bonds is 9. The normalized spacial score (nSPS) is 11.5. The Bertz CT molecular complexity index is 1280. The smallest absolute Gasteiger partial charge is 0.145 e. The second kappa shape index (κ2) is 10.6. The Morgan fingerprint density at radius 2 is 1.71 bits per heavy atom. The highest BCUT2D eigenvalue weighted by Crippen LogP contribution is 2.34. The Labute approximate surface area is 210 Å². The zero-order valence-electron chi connectivity index (χ0n) is 19.7. The Hall–Kier alpha value is -2.89. The summed E-state index contributed by atoms with van der Waals surface area (Å²) in [6, 6.07) is 24.7. The molecule has 0 atom stereocenters. The fourth-order valence-corrected chi connectivity index (χ4v) is 4.87. The molecule has 0 aliphatic rings. The fourth-order valence-electron chi connectivity index (χ4n) is 4.21. The number of hydrogen-bond acceptors (Lipinski definition) is 4. The van der Waals surface area contributed by atoms with E-state index in [1.807, 2.05) is 44.3 Å². The van der Waals surface area contributed by atoms with E-state index < -0.39 is 5.54 Å². The Kier molecular flexibility index (Phi) is 7.54. The van der Waals surface area contributed by atoms with Crippen LogP contribution in [0.3, 0.4) is 0 Å². The number of aromatic nitrogens is 2. The maximum atomic E-state index is 11.9. The summed E-state index contributed by atoms with van der Waals surface area (Å²) in [5, 5.41) is 4.22. The lowest BCUT2D eigenvalue weighted by Gasteiger charge is -2.20. The number of halogens is 1. The van der Waals surface area contributed by atoms with Gasteiger partial charge in [0.15, 0.2) is 0 Å². The summed E-state index contributed by atoms with van der Waals surface area (Å²) in [7, 11) is 0. The lowest BCUT2D eigenvalue weighted by atomic mass is 9.91. The molecular weight excluding hydrogens is 462 g/mol. The van der Waals surface area contributed by atoms with Gasteiger partial charge in [-0.1, -0.05) is 73.1 Å². The largest absolute Gasteiger partial charge is 0.303 e. The van der Waals surface area contributed by atoms with Crippen LogP contribution >= 0.6 is 23.4 Å². The molecular formula is C28H28ClN3OS. The molecule has 0 unspecified atom stereocenters. The molecule has 174 valence electrons. The third-order valence-corrected chi connectivity index (χ3v) is 7.55. The molecule has 0 amide bonds. The summed E-state index contributed by atoms with van der Waals surface area (Å²) < 4.78 is 2.06. The van der Waals surface area contributed by atoms with Crippen LogP contribution in [0.4, 0.5) is 0 Å². The molecule has 0 radical (unpaired) electrons. The van der Waals surface area contributed by atoms with Gasteiger partial charge in [0, 0.05) is 28.2 Å². The van der Waals surface area contributed by atoms with E-state index in [4.69, 9.17) is 16.6 Å². The van der Waals surface area contributed by atoms with Gasteiger partial charge in [-0.15, -0.1) is 16.7 Å². The number of hydrogen-bond donors (Lipinski definition) is 0. The van der Waals surface area contributed by atoms with Crippen molar-refractivity contribution in [1.82, 2.24) is 9.55 Å². The van der Waals surface area contributed by atoms with Gasteiger partial charge in [-0.25, -0.2) is 4.98 Å². The summed E-state index contributed by atoms with van der Waals surface area (Å²) in [4.78, 5) is 18.0. The first-order valence-corrected chi connectivity index (χ1v) is 13.1. The second-order valence-electron chi connectivity index (χ2n) is 8.29. The molecule has 4 nitrogen and oxygen atoms in total. The molecule has 0 aliphatic carbocycles.